The molecule has 38 heavy (non-hydrogen) atoms. The lowest BCUT2D eigenvalue weighted by Gasteiger charge is -2.56. The van der Waals surface area contributed by atoms with E-state index in [0.717, 1.165) is 10.1 Å². The Morgan fingerprint density at radius 3 is 2.47 bits per heavy atom. The third kappa shape index (κ3) is 4.57. The Morgan fingerprint density at radius 1 is 1.08 bits per heavy atom. The number of hydrogen-bond acceptors (Lipinski definition) is 9. The average molecular weight is 537 g/mol. The fourth-order valence-electron chi connectivity index (χ4n) is 4.89. The summed E-state index contributed by atoms with van der Waals surface area (Å²) >= 11 is 1.63. The molecule has 1 aromatic carbocycles. The Morgan fingerprint density at radius 2 is 1.82 bits per heavy atom. The summed E-state index contributed by atoms with van der Waals surface area (Å²) in [6.07, 6.45) is 2.80. The van der Waals surface area contributed by atoms with Crippen molar-refractivity contribution in [1.82, 2.24) is 20.0 Å². The number of carbonyl (C=O) groups is 1. The van der Waals surface area contributed by atoms with Gasteiger partial charge in [-0.3, -0.25) is 4.98 Å². The minimum absolute atomic E-state index is 0.0787. The van der Waals surface area contributed by atoms with Crippen LogP contribution in [0.5, 0.6) is 0 Å². The van der Waals surface area contributed by atoms with Crippen molar-refractivity contribution >= 4 is 27.5 Å². The number of aromatic nitrogens is 3. The van der Waals surface area contributed by atoms with Crippen LogP contribution in [-0.2, 0) is 15.9 Å². The van der Waals surface area contributed by atoms with Crippen LogP contribution >= 0.6 is 11.3 Å². The first kappa shape index (κ1) is 26.3. The van der Waals surface area contributed by atoms with Gasteiger partial charge in [0, 0.05) is 46.7 Å². The van der Waals surface area contributed by atoms with E-state index >= 15 is 0 Å². The SMILES string of the molecule is CC(C)(C)OC(=O)N1CC(C)(C(O)(c2cncc(-c3noc(C(C)(C)O)n3)c2)c2ccc3sccc3c2)C1. The molecule has 200 valence electrons. The zero-order chi connectivity index (χ0) is 27.5. The molecule has 2 N–H and O–H groups in total. The Bertz CT molecular complexity index is 1490. The zero-order valence-electron chi connectivity index (χ0n) is 22.3. The monoisotopic (exact) mass is 536 g/mol. The highest BCUT2D eigenvalue weighted by Crippen LogP contribution is 2.51. The Labute approximate surface area is 225 Å². The lowest BCUT2D eigenvalue weighted by atomic mass is 9.62. The molecule has 1 unspecified atom stereocenters. The first-order valence-corrected chi connectivity index (χ1v) is 13.3. The molecule has 3 aromatic heterocycles. The second-order valence-corrected chi connectivity index (χ2v) is 12.7. The lowest BCUT2D eigenvalue weighted by Crippen LogP contribution is -2.66. The van der Waals surface area contributed by atoms with Crippen LogP contribution in [0.25, 0.3) is 21.5 Å². The third-order valence-electron chi connectivity index (χ3n) is 6.84. The van der Waals surface area contributed by atoms with Gasteiger partial charge in [0.25, 0.3) is 5.89 Å². The van der Waals surface area contributed by atoms with Crippen molar-refractivity contribution < 1.29 is 24.3 Å². The van der Waals surface area contributed by atoms with Crippen LogP contribution in [0.2, 0.25) is 0 Å². The molecule has 1 saturated heterocycles. The molecular weight excluding hydrogens is 504 g/mol. The topological polar surface area (TPSA) is 122 Å². The van der Waals surface area contributed by atoms with Gasteiger partial charge >= 0.3 is 6.09 Å². The van der Waals surface area contributed by atoms with Gasteiger partial charge in [-0.25, -0.2) is 4.79 Å². The summed E-state index contributed by atoms with van der Waals surface area (Å²) in [6.45, 7) is 11.1. The molecule has 4 heterocycles. The van der Waals surface area contributed by atoms with Crippen LogP contribution < -0.4 is 0 Å². The molecule has 1 aliphatic heterocycles. The number of hydrogen-bond donors (Lipinski definition) is 2. The van der Waals surface area contributed by atoms with E-state index < -0.39 is 28.3 Å². The van der Waals surface area contributed by atoms with Crippen molar-refractivity contribution in [2.75, 3.05) is 13.1 Å². The first-order chi connectivity index (χ1) is 17.7. The Kier molecular flexibility index (Phi) is 6.13. The average Bonchev–Trinajstić information content (AvgIpc) is 3.49. The van der Waals surface area contributed by atoms with Crippen molar-refractivity contribution in [3.8, 4) is 11.4 Å². The highest BCUT2D eigenvalue weighted by molar-refractivity contribution is 7.17. The summed E-state index contributed by atoms with van der Waals surface area (Å²) < 4.78 is 11.9. The van der Waals surface area contributed by atoms with E-state index in [2.05, 4.69) is 15.1 Å². The number of ether oxygens (including phenoxy) is 1. The van der Waals surface area contributed by atoms with Crippen molar-refractivity contribution in [1.29, 1.82) is 0 Å². The number of thiophene rings is 1. The van der Waals surface area contributed by atoms with Crippen LogP contribution in [0.15, 0.2) is 52.6 Å². The summed E-state index contributed by atoms with van der Waals surface area (Å²) in [5.74, 6) is 0.330. The number of nitrogens with zero attached hydrogens (tertiary/aromatic N) is 4. The van der Waals surface area contributed by atoms with Gasteiger partial charge in [-0.1, -0.05) is 18.1 Å². The van der Waals surface area contributed by atoms with Gasteiger partial charge in [-0.05, 0) is 75.2 Å². The molecule has 1 atom stereocenters. The van der Waals surface area contributed by atoms with Crippen LogP contribution in [0.4, 0.5) is 4.79 Å². The van der Waals surface area contributed by atoms with Crippen molar-refractivity contribution in [2.24, 2.45) is 5.41 Å². The fourth-order valence-corrected chi connectivity index (χ4v) is 5.66. The predicted molar refractivity (Wildman–Crippen MR) is 144 cm³/mol. The maximum atomic E-state index is 12.8. The number of benzene rings is 1. The fraction of sp³-hybridized carbons (Fsp3) is 0.429. The highest BCUT2D eigenvalue weighted by atomic mass is 32.1. The van der Waals surface area contributed by atoms with E-state index in [0.29, 0.717) is 16.7 Å². The molecule has 0 radical (unpaired) electrons. The second kappa shape index (κ2) is 8.86. The van der Waals surface area contributed by atoms with Crippen LogP contribution in [0.3, 0.4) is 0 Å². The molecule has 4 aromatic rings. The van der Waals surface area contributed by atoms with E-state index in [1.54, 1.807) is 48.5 Å². The van der Waals surface area contributed by atoms with Gasteiger partial charge in [0.15, 0.2) is 0 Å². The first-order valence-electron chi connectivity index (χ1n) is 12.4. The van der Waals surface area contributed by atoms with E-state index in [1.807, 2.05) is 57.3 Å². The van der Waals surface area contributed by atoms with E-state index in [4.69, 9.17) is 9.26 Å². The minimum Gasteiger partial charge on any atom is -0.444 e. The summed E-state index contributed by atoms with van der Waals surface area (Å²) in [7, 11) is 0. The second-order valence-electron chi connectivity index (χ2n) is 11.7. The number of carbonyl (C=O) groups excluding carboxylic acids is 1. The summed E-state index contributed by atoms with van der Waals surface area (Å²) in [5, 5.41) is 29.9. The Hall–Kier alpha value is -3.34. The van der Waals surface area contributed by atoms with Gasteiger partial charge in [-0.2, -0.15) is 4.98 Å². The van der Waals surface area contributed by atoms with Crippen LogP contribution in [0, 0.1) is 5.41 Å². The lowest BCUT2D eigenvalue weighted by molar-refractivity contribution is -0.131. The standard InChI is InChI=1S/C28H32N4O5S/c1-25(2,3)36-24(33)32-15-27(6,16-32)28(35,19-7-8-21-17(11-19)9-10-38-21)20-12-18(13-29-14-20)22-30-23(37-31-22)26(4,5)34/h7-14,34-35H,15-16H2,1-6H3. The summed E-state index contributed by atoms with van der Waals surface area (Å²) in [6, 6.07) is 9.71. The summed E-state index contributed by atoms with van der Waals surface area (Å²) in [4.78, 5) is 23.1. The normalized spacial score (nSPS) is 17.2. The molecule has 0 saturated carbocycles. The van der Waals surface area contributed by atoms with Gasteiger partial charge in [0.1, 0.15) is 16.8 Å². The number of fused-ring (bicyclic) bond motifs is 1. The highest BCUT2D eigenvalue weighted by Gasteiger charge is 2.58. The molecule has 0 aliphatic carbocycles. The quantitative estimate of drug-likeness (QED) is 0.363. The van der Waals surface area contributed by atoms with Gasteiger partial charge < -0.3 is 24.4 Å². The van der Waals surface area contributed by atoms with Crippen LogP contribution in [0.1, 0.15) is 58.6 Å². The molecule has 1 aliphatic rings. The predicted octanol–water partition coefficient (Wildman–Crippen LogP) is 5.07. The third-order valence-corrected chi connectivity index (χ3v) is 7.74. The maximum Gasteiger partial charge on any atom is 0.410 e. The number of likely N-dealkylation sites (tertiary alicyclic amines) is 1. The maximum absolute atomic E-state index is 12.8. The van der Waals surface area contributed by atoms with Crippen molar-refractivity contribution in [2.45, 2.75) is 58.3 Å². The molecule has 0 spiro atoms. The zero-order valence-corrected chi connectivity index (χ0v) is 23.2. The number of rotatable bonds is 5. The smallest absolute Gasteiger partial charge is 0.410 e. The largest absolute Gasteiger partial charge is 0.444 e. The van der Waals surface area contributed by atoms with E-state index in [-0.39, 0.29) is 24.8 Å². The molecule has 10 heteroatoms. The van der Waals surface area contributed by atoms with Gasteiger partial charge in [0.05, 0.1) is 0 Å². The van der Waals surface area contributed by atoms with Crippen molar-refractivity contribution in [3.63, 3.8) is 0 Å². The molecular formula is C28H32N4O5S. The summed E-state index contributed by atoms with van der Waals surface area (Å²) in [5.41, 5.74) is -2.41. The van der Waals surface area contributed by atoms with Gasteiger partial charge in [0.2, 0.25) is 5.82 Å². The molecule has 1 amide bonds. The minimum atomic E-state index is -1.51. The van der Waals surface area contributed by atoms with Gasteiger partial charge in [-0.15, -0.1) is 11.3 Å². The molecule has 9 nitrogen and oxygen atoms in total. The number of aliphatic hydroxyl groups is 2. The molecule has 5 rings (SSSR count). The van der Waals surface area contributed by atoms with E-state index in [9.17, 15) is 15.0 Å². The van der Waals surface area contributed by atoms with Crippen molar-refractivity contribution in [3.05, 3.63) is 65.1 Å². The Balaban J connectivity index is 1.57. The van der Waals surface area contributed by atoms with E-state index in [1.165, 1.54) is 0 Å². The number of amides is 1. The van der Waals surface area contributed by atoms with Crippen LogP contribution in [-0.4, -0.2) is 55.0 Å². The molecule has 0 bridgehead atoms. The number of pyridine rings is 1. The molecule has 1 fully saturated rings.